The fourth-order valence-corrected chi connectivity index (χ4v) is 3.10. The van der Waals surface area contributed by atoms with Crippen LogP contribution < -0.4 is 10.5 Å². The van der Waals surface area contributed by atoms with Gasteiger partial charge in [0.1, 0.15) is 17.2 Å². The summed E-state index contributed by atoms with van der Waals surface area (Å²) in [6.07, 6.45) is 8.86. The molecule has 0 radical (unpaired) electrons. The van der Waals surface area contributed by atoms with Crippen molar-refractivity contribution in [3.05, 3.63) is 60.4 Å². The molecule has 0 amide bonds. The molecule has 4 nitrogen and oxygen atoms in total. The maximum Gasteiger partial charge on any atom is 0.146 e. The zero-order valence-electron chi connectivity index (χ0n) is 12.9. The van der Waals surface area contributed by atoms with Crippen molar-refractivity contribution in [2.75, 3.05) is 7.11 Å². The van der Waals surface area contributed by atoms with E-state index in [1.165, 1.54) is 0 Å². The minimum Gasteiger partial charge on any atom is -0.497 e. The zero-order chi connectivity index (χ0) is 15.8. The van der Waals surface area contributed by atoms with E-state index in [1.807, 2.05) is 34.9 Å². The third-order valence-electron chi connectivity index (χ3n) is 4.12. The Balaban J connectivity index is 2.11. The number of aromatic nitrogens is 2. The van der Waals surface area contributed by atoms with Gasteiger partial charge in [0.05, 0.1) is 12.8 Å². The molecule has 3 aromatic rings. The summed E-state index contributed by atoms with van der Waals surface area (Å²) in [5.74, 6) is 1.54. The van der Waals surface area contributed by atoms with Crippen LogP contribution in [0.25, 0.3) is 34.1 Å². The lowest BCUT2D eigenvalue weighted by atomic mass is 10.0. The van der Waals surface area contributed by atoms with E-state index in [0.29, 0.717) is 5.82 Å². The van der Waals surface area contributed by atoms with Gasteiger partial charge in [0, 0.05) is 17.1 Å². The summed E-state index contributed by atoms with van der Waals surface area (Å²) in [4.78, 5) is 4.55. The first-order chi connectivity index (χ1) is 11.3. The van der Waals surface area contributed by atoms with Gasteiger partial charge in [-0.1, -0.05) is 18.2 Å². The second kappa shape index (κ2) is 5.32. The Kier molecular flexibility index (Phi) is 3.15. The fraction of sp³-hybridized carbons (Fsp3) is 0.105. The van der Waals surface area contributed by atoms with E-state index in [1.54, 1.807) is 13.3 Å². The minimum absolute atomic E-state index is 0.711. The third kappa shape index (κ3) is 2.11. The average molecular weight is 303 g/mol. The SMILES string of the molecule is COc1cccc(-c2c3n(c4ncccc24)C(N)=CCC=C3)c1. The van der Waals surface area contributed by atoms with Gasteiger partial charge in [-0.2, -0.15) is 0 Å². The van der Waals surface area contributed by atoms with Crippen molar-refractivity contribution in [1.29, 1.82) is 0 Å². The molecule has 4 heteroatoms. The van der Waals surface area contributed by atoms with Gasteiger partial charge < -0.3 is 10.5 Å². The summed E-state index contributed by atoms with van der Waals surface area (Å²) >= 11 is 0. The van der Waals surface area contributed by atoms with E-state index in [2.05, 4.69) is 29.3 Å². The first kappa shape index (κ1) is 13.6. The highest BCUT2D eigenvalue weighted by molar-refractivity contribution is 6.01. The topological polar surface area (TPSA) is 53.1 Å². The summed E-state index contributed by atoms with van der Waals surface area (Å²) in [5.41, 5.74) is 10.4. The molecular weight excluding hydrogens is 286 g/mol. The summed E-state index contributed by atoms with van der Waals surface area (Å²) in [5, 5.41) is 1.08. The van der Waals surface area contributed by atoms with Gasteiger partial charge in [0.25, 0.3) is 0 Å². The van der Waals surface area contributed by atoms with Crippen molar-refractivity contribution >= 4 is 22.9 Å². The molecule has 1 aromatic carbocycles. The van der Waals surface area contributed by atoms with Crippen LogP contribution in [0.2, 0.25) is 0 Å². The highest BCUT2D eigenvalue weighted by Gasteiger charge is 2.20. The summed E-state index contributed by atoms with van der Waals surface area (Å²) in [7, 11) is 1.68. The minimum atomic E-state index is 0.711. The van der Waals surface area contributed by atoms with E-state index in [9.17, 15) is 0 Å². The lowest BCUT2D eigenvalue weighted by molar-refractivity contribution is 0.415. The second-order valence-corrected chi connectivity index (χ2v) is 5.47. The van der Waals surface area contributed by atoms with Crippen molar-refractivity contribution < 1.29 is 4.74 Å². The Labute approximate surface area is 134 Å². The van der Waals surface area contributed by atoms with Gasteiger partial charge in [-0.15, -0.1) is 0 Å². The molecule has 2 N–H and O–H groups in total. The predicted molar refractivity (Wildman–Crippen MR) is 93.8 cm³/mol. The predicted octanol–water partition coefficient (Wildman–Crippen LogP) is 3.89. The van der Waals surface area contributed by atoms with Crippen LogP contribution in [-0.2, 0) is 0 Å². The van der Waals surface area contributed by atoms with Crippen LogP contribution >= 0.6 is 0 Å². The van der Waals surface area contributed by atoms with Crippen molar-refractivity contribution in [1.82, 2.24) is 9.55 Å². The molecule has 0 unspecified atom stereocenters. The molecule has 1 aliphatic rings. The van der Waals surface area contributed by atoms with E-state index >= 15 is 0 Å². The van der Waals surface area contributed by atoms with Crippen LogP contribution in [0.5, 0.6) is 5.75 Å². The standard InChI is InChI=1S/C19H17N3O/c1-23-14-7-4-6-13(12-14)18-15-8-5-11-21-19(15)22-16(18)9-2-3-10-17(22)20/h2,4-12H,3,20H2,1H3. The first-order valence-corrected chi connectivity index (χ1v) is 7.56. The lowest BCUT2D eigenvalue weighted by Gasteiger charge is -2.08. The van der Waals surface area contributed by atoms with Crippen molar-refractivity contribution in [3.8, 4) is 16.9 Å². The Morgan fingerprint density at radius 3 is 3.00 bits per heavy atom. The summed E-state index contributed by atoms with van der Waals surface area (Å²) in [6, 6.07) is 12.1. The molecule has 23 heavy (non-hydrogen) atoms. The molecule has 0 spiro atoms. The molecule has 3 heterocycles. The third-order valence-corrected chi connectivity index (χ3v) is 4.12. The fourth-order valence-electron chi connectivity index (χ4n) is 3.10. The molecule has 0 saturated heterocycles. The quantitative estimate of drug-likeness (QED) is 0.781. The van der Waals surface area contributed by atoms with Crippen LogP contribution in [0.4, 0.5) is 0 Å². The Morgan fingerprint density at radius 2 is 2.13 bits per heavy atom. The van der Waals surface area contributed by atoms with E-state index < -0.39 is 0 Å². The van der Waals surface area contributed by atoms with Gasteiger partial charge in [0.2, 0.25) is 0 Å². The number of nitrogens with two attached hydrogens (primary N) is 1. The Hall–Kier alpha value is -3.01. The lowest BCUT2D eigenvalue weighted by Crippen LogP contribution is -2.07. The van der Waals surface area contributed by atoms with Crippen LogP contribution in [0.3, 0.4) is 0 Å². The molecule has 114 valence electrons. The number of hydrogen-bond acceptors (Lipinski definition) is 3. The highest BCUT2D eigenvalue weighted by atomic mass is 16.5. The smallest absolute Gasteiger partial charge is 0.146 e. The number of nitrogens with zero attached hydrogens (tertiary/aromatic N) is 2. The Bertz CT molecular complexity index is 950. The molecule has 0 fully saturated rings. The first-order valence-electron chi connectivity index (χ1n) is 7.56. The number of rotatable bonds is 2. The molecule has 0 bridgehead atoms. The number of hydrogen-bond donors (Lipinski definition) is 1. The van der Waals surface area contributed by atoms with Gasteiger partial charge in [-0.05, 0) is 48.4 Å². The highest BCUT2D eigenvalue weighted by Crippen LogP contribution is 2.38. The van der Waals surface area contributed by atoms with Crippen LogP contribution in [0.1, 0.15) is 12.1 Å². The number of fused-ring (bicyclic) bond motifs is 3. The maximum atomic E-state index is 6.28. The molecule has 0 saturated carbocycles. The summed E-state index contributed by atoms with van der Waals surface area (Å²) in [6.45, 7) is 0. The summed E-state index contributed by atoms with van der Waals surface area (Å²) < 4.78 is 7.40. The van der Waals surface area contributed by atoms with Gasteiger partial charge >= 0.3 is 0 Å². The molecule has 2 aromatic heterocycles. The number of ether oxygens (including phenoxy) is 1. The molecular formula is C19H17N3O. The van der Waals surface area contributed by atoms with Crippen molar-refractivity contribution in [3.63, 3.8) is 0 Å². The normalized spacial score (nSPS) is 13.5. The van der Waals surface area contributed by atoms with Crippen molar-refractivity contribution in [2.24, 2.45) is 5.73 Å². The second-order valence-electron chi connectivity index (χ2n) is 5.47. The van der Waals surface area contributed by atoms with E-state index in [4.69, 9.17) is 10.5 Å². The van der Waals surface area contributed by atoms with Crippen LogP contribution in [0.15, 0.2) is 54.7 Å². The van der Waals surface area contributed by atoms with Gasteiger partial charge in [-0.3, -0.25) is 4.57 Å². The van der Waals surface area contributed by atoms with Gasteiger partial charge in [-0.25, -0.2) is 4.98 Å². The van der Waals surface area contributed by atoms with E-state index in [0.717, 1.165) is 40.0 Å². The number of allylic oxidation sites excluding steroid dienone is 2. The molecule has 4 rings (SSSR count). The van der Waals surface area contributed by atoms with Gasteiger partial charge in [0.15, 0.2) is 0 Å². The van der Waals surface area contributed by atoms with Crippen LogP contribution in [-0.4, -0.2) is 16.7 Å². The molecule has 0 atom stereocenters. The Morgan fingerprint density at radius 1 is 1.22 bits per heavy atom. The molecule has 0 aliphatic carbocycles. The number of pyridine rings is 1. The zero-order valence-corrected chi connectivity index (χ0v) is 12.9. The van der Waals surface area contributed by atoms with E-state index in [-0.39, 0.29) is 0 Å². The van der Waals surface area contributed by atoms with Crippen molar-refractivity contribution in [2.45, 2.75) is 6.42 Å². The largest absolute Gasteiger partial charge is 0.497 e. The average Bonchev–Trinajstić information content (AvgIpc) is 2.81. The number of methoxy groups -OCH3 is 1. The molecule has 1 aliphatic heterocycles. The monoisotopic (exact) mass is 303 g/mol. The maximum absolute atomic E-state index is 6.28. The van der Waals surface area contributed by atoms with Crippen LogP contribution in [0, 0.1) is 0 Å². The number of benzene rings is 1.